The highest BCUT2D eigenvalue weighted by Crippen LogP contribution is 2.11. The van der Waals surface area contributed by atoms with Gasteiger partial charge in [0.1, 0.15) is 11.2 Å². The highest BCUT2D eigenvalue weighted by molar-refractivity contribution is 6.03. The van der Waals surface area contributed by atoms with Gasteiger partial charge < -0.3 is 10.6 Å². The van der Waals surface area contributed by atoms with Gasteiger partial charge in [0, 0.05) is 25.1 Å². The number of rotatable bonds is 4. The Morgan fingerprint density at radius 2 is 1.85 bits per heavy atom. The number of aryl methyl sites for hydroxylation is 1. The van der Waals surface area contributed by atoms with Crippen LogP contribution < -0.4 is 16.2 Å². The van der Waals surface area contributed by atoms with E-state index in [0.29, 0.717) is 11.3 Å². The number of aromatic nitrogens is 2. The Bertz CT molecular complexity index is 1040. The van der Waals surface area contributed by atoms with Crippen molar-refractivity contribution in [3.8, 4) is 0 Å². The number of fused-ring (bicyclic) bond motifs is 1. The van der Waals surface area contributed by atoms with Crippen LogP contribution in [-0.2, 0) is 11.2 Å². The van der Waals surface area contributed by atoms with Crippen molar-refractivity contribution in [3.05, 3.63) is 75.8 Å². The van der Waals surface area contributed by atoms with Gasteiger partial charge in [-0.1, -0.05) is 18.2 Å². The van der Waals surface area contributed by atoms with Crippen molar-refractivity contribution in [3.63, 3.8) is 0 Å². The number of pyridine rings is 1. The summed E-state index contributed by atoms with van der Waals surface area (Å²) in [5.41, 5.74) is 2.27. The first-order chi connectivity index (χ1) is 12.5. The van der Waals surface area contributed by atoms with E-state index in [4.69, 9.17) is 0 Å². The van der Waals surface area contributed by atoms with Gasteiger partial charge in [-0.05, 0) is 36.2 Å². The van der Waals surface area contributed by atoms with Gasteiger partial charge in [0.25, 0.3) is 11.5 Å². The summed E-state index contributed by atoms with van der Waals surface area (Å²) < 4.78 is 1.36. The normalized spacial score (nSPS) is 10.5. The number of likely N-dealkylation sites (N-methyl/N-ethyl adjacent to an activating group) is 1. The van der Waals surface area contributed by atoms with Gasteiger partial charge >= 0.3 is 0 Å². The van der Waals surface area contributed by atoms with E-state index >= 15 is 0 Å². The lowest BCUT2D eigenvalue weighted by molar-refractivity contribution is -0.119. The van der Waals surface area contributed by atoms with Crippen molar-refractivity contribution >= 4 is 23.1 Å². The summed E-state index contributed by atoms with van der Waals surface area (Å²) in [6.45, 7) is 1.86. The van der Waals surface area contributed by atoms with Crippen molar-refractivity contribution in [2.75, 3.05) is 12.4 Å². The molecule has 0 atom stereocenters. The molecule has 7 heteroatoms. The number of nitrogens with zero attached hydrogens (tertiary/aromatic N) is 2. The van der Waals surface area contributed by atoms with E-state index in [1.54, 1.807) is 43.6 Å². The molecule has 132 valence electrons. The molecular weight excluding hydrogens is 332 g/mol. The molecule has 1 aromatic carbocycles. The molecule has 0 saturated heterocycles. The molecule has 26 heavy (non-hydrogen) atoms. The summed E-state index contributed by atoms with van der Waals surface area (Å²) in [5.74, 6) is -0.621. The van der Waals surface area contributed by atoms with Crippen LogP contribution >= 0.6 is 0 Å². The quantitative estimate of drug-likeness (QED) is 0.747. The second-order valence-electron chi connectivity index (χ2n) is 5.91. The number of carbonyl (C=O) groups is 2. The van der Waals surface area contributed by atoms with Crippen LogP contribution in [0.2, 0.25) is 0 Å². The Balaban J connectivity index is 1.82. The second-order valence-corrected chi connectivity index (χ2v) is 5.91. The molecule has 0 aliphatic rings. The minimum absolute atomic E-state index is 0.0393. The van der Waals surface area contributed by atoms with E-state index in [1.807, 2.05) is 13.0 Å². The molecule has 2 aromatic heterocycles. The maximum atomic E-state index is 12.5. The zero-order valence-corrected chi connectivity index (χ0v) is 14.4. The fourth-order valence-electron chi connectivity index (χ4n) is 2.52. The van der Waals surface area contributed by atoms with Crippen LogP contribution in [0.15, 0.2) is 53.6 Å². The summed E-state index contributed by atoms with van der Waals surface area (Å²) in [6, 6.07) is 10.4. The smallest absolute Gasteiger partial charge is 0.270 e. The molecule has 2 heterocycles. The number of benzene rings is 1. The van der Waals surface area contributed by atoms with Gasteiger partial charge in [-0.2, -0.15) is 0 Å². The second kappa shape index (κ2) is 7.18. The van der Waals surface area contributed by atoms with E-state index < -0.39 is 11.5 Å². The minimum Gasteiger partial charge on any atom is -0.359 e. The number of amides is 2. The van der Waals surface area contributed by atoms with Crippen molar-refractivity contribution in [2.24, 2.45) is 0 Å². The molecule has 0 aliphatic carbocycles. The summed E-state index contributed by atoms with van der Waals surface area (Å²) in [6.07, 6.45) is 3.19. The highest BCUT2D eigenvalue weighted by Gasteiger charge is 2.13. The maximum absolute atomic E-state index is 12.5. The number of hydrogen-bond donors (Lipinski definition) is 2. The number of hydrogen-bond acceptors (Lipinski definition) is 4. The van der Waals surface area contributed by atoms with Crippen molar-refractivity contribution in [1.29, 1.82) is 0 Å². The van der Waals surface area contributed by atoms with Crippen molar-refractivity contribution in [1.82, 2.24) is 14.7 Å². The molecule has 7 nitrogen and oxygen atoms in total. The standard InChI is InChI=1S/C19H18N4O3/c1-12-3-8-16-21-10-15(19(26)23(16)11-12)18(25)22-14-6-4-13(5-7-14)9-17(24)20-2/h3-8,10-11H,9H2,1-2H3,(H,20,24)(H,22,25). The third-order valence-electron chi connectivity index (χ3n) is 3.95. The summed E-state index contributed by atoms with van der Waals surface area (Å²) in [5, 5.41) is 5.23. The van der Waals surface area contributed by atoms with Crippen LogP contribution in [0.1, 0.15) is 21.5 Å². The Morgan fingerprint density at radius 3 is 2.54 bits per heavy atom. The first-order valence-electron chi connectivity index (χ1n) is 8.07. The summed E-state index contributed by atoms with van der Waals surface area (Å²) >= 11 is 0. The fourth-order valence-corrected chi connectivity index (χ4v) is 2.52. The minimum atomic E-state index is -0.530. The van der Waals surface area contributed by atoms with Gasteiger partial charge in [0.05, 0.1) is 6.42 Å². The van der Waals surface area contributed by atoms with Crippen LogP contribution in [0, 0.1) is 6.92 Å². The third kappa shape index (κ3) is 3.61. The molecule has 0 unspecified atom stereocenters. The Kier molecular flexibility index (Phi) is 4.79. The SMILES string of the molecule is CNC(=O)Cc1ccc(NC(=O)c2cnc3ccc(C)cn3c2=O)cc1. The third-order valence-corrected chi connectivity index (χ3v) is 3.95. The summed E-state index contributed by atoms with van der Waals surface area (Å²) in [4.78, 5) is 40.5. The van der Waals surface area contributed by atoms with Gasteiger partial charge in [0.2, 0.25) is 5.91 Å². The van der Waals surface area contributed by atoms with E-state index in [-0.39, 0.29) is 17.9 Å². The molecule has 0 saturated carbocycles. The molecule has 2 N–H and O–H groups in total. The van der Waals surface area contributed by atoms with Gasteiger partial charge in [-0.25, -0.2) is 4.98 Å². The molecule has 0 fully saturated rings. The Labute approximate surface area is 149 Å². The van der Waals surface area contributed by atoms with Crippen molar-refractivity contribution in [2.45, 2.75) is 13.3 Å². The molecular formula is C19H18N4O3. The monoisotopic (exact) mass is 350 g/mol. The van der Waals surface area contributed by atoms with Crippen LogP contribution in [-0.4, -0.2) is 28.2 Å². The molecule has 0 aliphatic heterocycles. The van der Waals surface area contributed by atoms with Crippen LogP contribution in [0.25, 0.3) is 5.65 Å². The number of carbonyl (C=O) groups excluding carboxylic acids is 2. The average Bonchev–Trinajstić information content (AvgIpc) is 2.64. The first-order valence-corrected chi connectivity index (χ1v) is 8.07. The zero-order valence-electron chi connectivity index (χ0n) is 14.4. The zero-order chi connectivity index (χ0) is 18.7. The predicted molar refractivity (Wildman–Crippen MR) is 98.4 cm³/mol. The van der Waals surface area contributed by atoms with E-state index in [1.165, 1.54) is 10.6 Å². The lowest BCUT2D eigenvalue weighted by atomic mass is 10.1. The largest absolute Gasteiger partial charge is 0.359 e. The van der Waals surface area contributed by atoms with Gasteiger partial charge in [-0.15, -0.1) is 0 Å². The molecule has 0 radical (unpaired) electrons. The molecule has 0 spiro atoms. The Morgan fingerprint density at radius 1 is 1.12 bits per heavy atom. The number of anilines is 1. The van der Waals surface area contributed by atoms with Gasteiger partial charge in [-0.3, -0.25) is 18.8 Å². The average molecular weight is 350 g/mol. The maximum Gasteiger partial charge on any atom is 0.270 e. The van der Waals surface area contributed by atoms with Crippen LogP contribution in [0.3, 0.4) is 0 Å². The topological polar surface area (TPSA) is 92.6 Å². The lowest BCUT2D eigenvalue weighted by Gasteiger charge is -2.07. The van der Waals surface area contributed by atoms with Gasteiger partial charge in [0.15, 0.2) is 0 Å². The molecule has 2 amide bonds. The molecule has 0 bridgehead atoms. The highest BCUT2D eigenvalue weighted by atomic mass is 16.2. The van der Waals surface area contributed by atoms with E-state index in [0.717, 1.165) is 11.1 Å². The fraction of sp³-hybridized carbons (Fsp3) is 0.158. The summed E-state index contributed by atoms with van der Waals surface area (Å²) in [7, 11) is 1.58. The lowest BCUT2D eigenvalue weighted by Crippen LogP contribution is -2.26. The predicted octanol–water partition coefficient (Wildman–Crippen LogP) is 1.54. The van der Waals surface area contributed by atoms with Crippen LogP contribution in [0.5, 0.6) is 0 Å². The van der Waals surface area contributed by atoms with Crippen molar-refractivity contribution < 1.29 is 9.59 Å². The number of nitrogens with one attached hydrogen (secondary N) is 2. The van der Waals surface area contributed by atoms with E-state index in [2.05, 4.69) is 15.6 Å². The molecule has 3 aromatic rings. The van der Waals surface area contributed by atoms with E-state index in [9.17, 15) is 14.4 Å². The molecule has 3 rings (SSSR count). The Hall–Kier alpha value is -3.48. The van der Waals surface area contributed by atoms with Crippen LogP contribution in [0.4, 0.5) is 5.69 Å². The first kappa shape index (κ1) is 17.3.